The molecule has 0 aromatic heterocycles. The van der Waals surface area contributed by atoms with Crippen LogP contribution in [0.25, 0.3) is 0 Å². The van der Waals surface area contributed by atoms with E-state index in [1.807, 2.05) is 24.3 Å². The van der Waals surface area contributed by atoms with Gasteiger partial charge in [-0.15, -0.1) is 0 Å². The highest BCUT2D eigenvalue weighted by molar-refractivity contribution is 7.90. The lowest BCUT2D eigenvalue weighted by molar-refractivity contribution is -0.123. The van der Waals surface area contributed by atoms with Crippen molar-refractivity contribution in [3.8, 4) is 0 Å². The molecule has 3 amide bonds. The third kappa shape index (κ3) is 9.90. The Morgan fingerprint density at radius 1 is 0.943 bits per heavy atom. The Hall–Kier alpha value is -3.20. The molecule has 0 spiro atoms. The van der Waals surface area contributed by atoms with Gasteiger partial charge in [0.1, 0.15) is 15.9 Å². The predicted octanol–water partition coefficient (Wildman–Crippen LogP) is 2.83. The normalized spacial score (nSPS) is 12.5. The highest BCUT2D eigenvalue weighted by Crippen LogP contribution is 2.22. The zero-order chi connectivity index (χ0) is 26.2. The highest BCUT2D eigenvalue weighted by atomic mass is 32.2. The Labute approximate surface area is 207 Å². The summed E-state index contributed by atoms with van der Waals surface area (Å²) >= 11 is 0. The van der Waals surface area contributed by atoms with Gasteiger partial charge in [-0.3, -0.25) is 14.4 Å². The van der Waals surface area contributed by atoms with Crippen molar-refractivity contribution in [2.45, 2.75) is 52.0 Å². The molecule has 1 unspecified atom stereocenters. The van der Waals surface area contributed by atoms with Gasteiger partial charge in [0.05, 0.1) is 5.75 Å². The number of hydrogen-bond donors (Lipinski definition) is 3. The molecule has 1 atom stereocenters. The van der Waals surface area contributed by atoms with Crippen LogP contribution in [-0.4, -0.2) is 50.7 Å². The summed E-state index contributed by atoms with van der Waals surface area (Å²) < 4.78 is 23.3. The molecule has 0 aliphatic rings. The maximum Gasteiger partial charge on any atom is 0.251 e. The van der Waals surface area contributed by atoms with E-state index < -0.39 is 27.7 Å². The molecule has 2 aromatic carbocycles. The van der Waals surface area contributed by atoms with Crippen LogP contribution in [0.2, 0.25) is 0 Å². The van der Waals surface area contributed by atoms with Crippen molar-refractivity contribution in [1.29, 1.82) is 0 Å². The van der Waals surface area contributed by atoms with Gasteiger partial charge >= 0.3 is 0 Å². The Kier molecular flexibility index (Phi) is 9.59. The number of amides is 3. The second-order valence-electron chi connectivity index (χ2n) is 9.69. The molecule has 2 aromatic rings. The standard InChI is InChI=1S/C26H35N3O5S/c1-18(30)28-22-12-6-19(7-13-22)14-16-27-25(32)23(15-17-35(5,33)34)29-24(31)20-8-10-21(11-9-20)26(2,3)4/h6-13,23H,14-17H2,1-5H3,(H,27,32)(H,28,30)(H,29,31). The highest BCUT2D eigenvalue weighted by Gasteiger charge is 2.23. The summed E-state index contributed by atoms with van der Waals surface area (Å²) in [6.45, 7) is 7.97. The number of benzene rings is 2. The number of hydrogen-bond acceptors (Lipinski definition) is 5. The fraction of sp³-hybridized carbons (Fsp3) is 0.423. The maximum absolute atomic E-state index is 12.8. The minimum Gasteiger partial charge on any atom is -0.354 e. The summed E-state index contributed by atoms with van der Waals surface area (Å²) in [6, 6.07) is 13.4. The fourth-order valence-electron chi connectivity index (χ4n) is 3.38. The molecule has 0 saturated carbocycles. The van der Waals surface area contributed by atoms with Crippen molar-refractivity contribution in [2.75, 3.05) is 23.9 Å². The van der Waals surface area contributed by atoms with Crippen molar-refractivity contribution in [1.82, 2.24) is 10.6 Å². The number of carbonyl (C=O) groups is 3. The predicted molar refractivity (Wildman–Crippen MR) is 138 cm³/mol. The molecular weight excluding hydrogens is 466 g/mol. The van der Waals surface area contributed by atoms with Gasteiger partial charge in [-0.25, -0.2) is 8.42 Å². The number of nitrogens with one attached hydrogen (secondary N) is 3. The molecule has 8 nitrogen and oxygen atoms in total. The summed E-state index contributed by atoms with van der Waals surface area (Å²) in [6.07, 6.45) is 1.61. The van der Waals surface area contributed by atoms with E-state index in [2.05, 4.69) is 36.7 Å². The Balaban J connectivity index is 2.01. The molecule has 9 heteroatoms. The SMILES string of the molecule is CC(=O)Nc1ccc(CCNC(=O)C(CCS(C)(=O)=O)NC(=O)c2ccc(C(C)(C)C)cc2)cc1. The van der Waals surface area contributed by atoms with Crippen LogP contribution in [0.3, 0.4) is 0 Å². The molecule has 0 radical (unpaired) electrons. The van der Waals surface area contributed by atoms with E-state index in [1.54, 1.807) is 24.3 Å². The lowest BCUT2D eigenvalue weighted by atomic mass is 9.86. The van der Waals surface area contributed by atoms with Gasteiger partial charge in [0.15, 0.2) is 0 Å². The van der Waals surface area contributed by atoms with Gasteiger partial charge in [0, 0.05) is 31.0 Å². The molecule has 0 aliphatic carbocycles. The molecular formula is C26H35N3O5S. The molecule has 0 saturated heterocycles. The quantitative estimate of drug-likeness (QED) is 0.462. The van der Waals surface area contributed by atoms with Crippen LogP contribution >= 0.6 is 0 Å². The van der Waals surface area contributed by atoms with Crippen molar-refractivity contribution >= 4 is 33.2 Å². The van der Waals surface area contributed by atoms with Crippen LogP contribution < -0.4 is 16.0 Å². The van der Waals surface area contributed by atoms with Crippen molar-refractivity contribution in [3.05, 3.63) is 65.2 Å². The molecule has 3 N–H and O–H groups in total. The molecule has 2 rings (SSSR count). The average molecular weight is 502 g/mol. The second kappa shape index (κ2) is 12.0. The van der Waals surface area contributed by atoms with Gasteiger partial charge < -0.3 is 16.0 Å². The van der Waals surface area contributed by atoms with Crippen molar-refractivity contribution in [3.63, 3.8) is 0 Å². The van der Waals surface area contributed by atoms with Crippen LogP contribution in [0.4, 0.5) is 5.69 Å². The van der Waals surface area contributed by atoms with E-state index in [0.717, 1.165) is 17.4 Å². The molecule has 190 valence electrons. The third-order valence-electron chi connectivity index (χ3n) is 5.40. The molecule has 0 fully saturated rings. The second-order valence-corrected chi connectivity index (χ2v) is 12.0. The van der Waals surface area contributed by atoms with Crippen molar-refractivity contribution in [2.24, 2.45) is 0 Å². The first-order valence-electron chi connectivity index (χ1n) is 11.5. The van der Waals surface area contributed by atoms with Crippen molar-refractivity contribution < 1.29 is 22.8 Å². The van der Waals surface area contributed by atoms with Gasteiger partial charge in [-0.05, 0) is 53.6 Å². The van der Waals surface area contributed by atoms with Gasteiger partial charge in [-0.1, -0.05) is 45.0 Å². The van der Waals surface area contributed by atoms with Crippen LogP contribution in [-0.2, 0) is 31.3 Å². The maximum atomic E-state index is 12.8. The Morgan fingerprint density at radius 3 is 2.06 bits per heavy atom. The van der Waals surface area contributed by atoms with E-state index in [4.69, 9.17) is 0 Å². The van der Waals surface area contributed by atoms with Crippen LogP contribution in [0.5, 0.6) is 0 Å². The summed E-state index contributed by atoms with van der Waals surface area (Å²) in [5, 5.41) is 8.16. The Morgan fingerprint density at radius 2 is 1.54 bits per heavy atom. The first-order chi connectivity index (χ1) is 16.2. The molecule has 0 heterocycles. The Bertz CT molecular complexity index is 1140. The number of rotatable bonds is 10. The number of sulfone groups is 1. The summed E-state index contributed by atoms with van der Waals surface area (Å²) in [7, 11) is -3.31. The van der Waals surface area contributed by atoms with Gasteiger partial charge in [0.25, 0.3) is 5.91 Å². The smallest absolute Gasteiger partial charge is 0.251 e. The van der Waals surface area contributed by atoms with Crippen LogP contribution in [0.15, 0.2) is 48.5 Å². The summed E-state index contributed by atoms with van der Waals surface area (Å²) in [5.74, 6) is -1.26. The molecule has 0 bridgehead atoms. The van der Waals surface area contributed by atoms with E-state index >= 15 is 0 Å². The largest absolute Gasteiger partial charge is 0.354 e. The molecule has 35 heavy (non-hydrogen) atoms. The van der Waals surface area contributed by atoms with Crippen LogP contribution in [0.1, 0.15) is 55.6 Å². The lowest BCUT2D eigenvalue weighted by Gasteiger charge is -2.20. The topological polar surface area (TPSA) is 121 Å². The van der Waals surface area contributed by atoms with E-state index in [9.17, 15) is 22.8 Å². The molecule has 0 aliphatic heterocycles. The zero-order valence-corrected chi connectivity index (χ0v) is 21.8. The minimum absolute atomic E-state index is 0.0259. The summed E-state index contributed by atoms with van der Waals surface area (Å²) in [4.78, 5) is 36.7. The average Bonchev–Trinajstić information content (AvgIpc) is 2.76. The first-order valence-corrected chi connectivity index (χ1v) is 13.5. The van der Waals surface area contributed by atoms with E-state index in [1.165, 1.54) is 6.92 Å². The van der Waals surface area contributed by atoms with E-state index in [0.29, 0.717) is 24.2 Å². The lowest BCUT2D eigenvalue weighted by Crippen LogP contribution is -2.48. The van der Waals surface area contributed by atoms with Crippen LogP contribution in [0, 0.1) is 0 Å². The third-order valence-corrected chi connectivity index (χ3v) is 6.38. The minimum atomic E-state index is -3.31. The monoisotopic (exact) mass is 501 g/mol. The van der Waals surface area contributed by atoms with Gasteiger partial charge in [-0.2, -0.15) is 0 Å². The number of carbonyl (C=O) groups excluding carboxylic acids is 3. The summed E-state index contributed by atoms with van der Waals surface area (Å²) in [5.41, 5.74) is 3.05. The zero-order valence-electron chi connectivity index (χ0n) is 21.0. The first kappa shape index (κ1) is 28.0. The van der Waals surface area contributed by atoms with E-state index in [-0.39, 0.29) is 23.5 Å². The number of anilines is 1. The van der Waals surface area contributed by atoms with Gasteiger partial charge in [0.2, 0.25) is 11.8 Å². The fourth-order valence-corrected chi connectivity index (χ4v) is 4.04.